The monoisotopic (exact) mass is 674 g/mol. The van der Waals surface area contributed by atoms with Gasteiger partial charge >= 0.3 is 23.9 Å². The summed E-state index contributed by atoms with van der Waals surface area (Å²) in [4.78, 5) is 51.8. The molecule has 0 spiro atoms. The van der Waals surface area contributed by atoms with Crippen LogP contribution >= 0.6 is 22.9 Å². The first kappa shape index (κ1) is 31.5. The van der Waals surface area contributed by atoms with Crippen molar-refractivity contribution in [2.24, 2.45) is 4.99 Å². The third-order valence-corrected chi connectivity index (χ3v) is 9.16. The molecule has 11 nitrogen and oxygen atoms in total. The van der Waals surface area contributed by atoms with Crippen molar-refractivity contribution in [3.8, 4) is 0 Å². The van der Waals surface area contributed by atoms with Crippen molar-refractivity contribution in [1.82, 2.24) is 20.1 Å². The number of nitrogens with one attached hydrogen (secondary N) is 1. The van der Waals surface area contributed by atoms with Gasteiger partial charge in [-0.15, -0.1) is 11.3 Å². The van der Waals surface area contributed by atoms with E-state index in [0.29, 0.717) is 47.4 Å². The number of hydrogen-bond acceptors (Lipinski definition) is 9. The van der Waals surface area contributed by atoms with Crippen LogP contribution in [0.3, 0.4) is 0 Å². The summed E-state index contributed by atoms with van der Waals surface area (Å²) in [5.74, 6) is -7.09. The maximum Gasteiger partial charge on any atom is 0.379 e. The Morgan fingerprint density at radius 3 is 2.59 bits per heavy atom. The molecular weight excluding hydrogens is 649 g/mol. The number of carboxylic acid groups (broad SMARTS) is 1. The van der Waals surface area contributed by atoms with E-state index in [1.54, 1.807) is 16.5 Å². The number of aliphatic imine (C=N–C) groups is 1. The van der Waals surface area contributed by atoms with Crippen LogP contribution in [0.4, 0.5) is 23.7 Å². The molecule has 0 radical (unpaired) electrons. The summed E-state index contributed by atoms with van der Waals surface area (Å²) in [7, 11) is 1.25. The Labute approximate surface area is 269 Å². The van der Waals surface area contributed by atoms with Crippen molar-refractivity contribution in [2.45, 2.75) is 18.0 Å². The molecule has 2 fully saturated rings. The predicted octanol–water partition coefficient (Wildman–Crippen LogP) is 4.26. The minimum atomic E-state index is -4.05. The Hall–Kier alpha value is -4.47. The largest absolute Gasteiger partial charge is 0.477 e. The molecule has 1 aromatic heterocycles. The van der Waals surface area contributed by atoms with Crippen LogP contribution in [0.15, 0.2) is 70.3 Å². The van der Waals surface area contributed by atoms with Crippen LogP contribution in [0.25, 0.3) is 0 Å². The second-order valence-electron chi connectivity index (χ2n) is 10.8. The predicted molar refractivity (Wildman–Crippen MR) is 163 cm³/mol. The Morgan fingerprint density at radius 2 is 1.93 bits per heavy atom. The van der Waals surface area contributed by atoms with Gasteiger partial charge in [-0.05, 0) is 24.3 Å². The van der Waals surface area contributed by atoms with Gasteiger partial charge in [0.2, 0.25) is 0 Å². The number of urea groups is 1. The van der Waals surface area contributed by atoms with Crippen LogP contribution in [0.1, 0.15) is 22.2 Å². The zero-order valence-corrected chi connectivity index (χ0v) is 25.7. The fraction of sp³-hybridized carbons (Fsp3) is 0.300. The molecule has 3 aromatic rings. The zero-order valence-electron chi connectivity index (χ0n) is 24.1. The lowest BCUT2D eigenvalue weighted by molar-refractivity contribution is -0.166. The summed E-state index contributed by atoms with van der Waals surface area (Å²) in [6, 6.07) is 7.01. The van der Waals surface area contributed by atoms with Gasteiger partial charge < -0.3 is 20.1 Å². The van der Waals surface area contributed by atoms with E-state index in [1.807, 2.05) is 0 Å². The number of halogens is 4. The van der Waals surface area contributed by atoms with Gasteiger partial charge in [0.15, 0.2) is 10.8 Å². The van der Waals surface area contributed by atoms with Crippen molar-refractivity contribution in [3.05, 3.63) is 92.3 Å². The lowest BCUT2D eigenvalue weighted by atomic mass is 9.95. The summed E-state index contributed by atoms with van der Waals surface area (Å²) in [6.07, 6.45) is 1.62. The van der Waals surface area contributed by atoms with Gasteiger partial charge in [-0.3, -0.25) is 14.8 Å². The SMILES string of the molecule is COC(=O)C1=C(CN2CCN3C(=O)N(c4ccc(C(F)(F)C(=O)O)cc4)C[C@@H]3C2)NC(c2nccs2)=NC1c1ccc(F)cc1Cl. The Kier molecular flexibility index (Phi) is 8.48. The van der Waals surface area contributed by atoms with E-state index in [-0.39, 0.29) is 35.8 Å². The molecule has 16 heteroatoms. The first-order valence-electron chi connectivity index (χ1n) is 14.0. The third-order valence-electron chi connectivity index (χ3n) is 8.05. The highest BCUT2D eigenvalue weighted by molar-refractivity contribution is 7.11. The number of carboxylic acids is 1. The molecule has 0 bridgehead atoms. The van der Waals surface area contributed by atoms with E-state index < -0.39 is 35.3 Å². The number of ether oxygens (including phenoxy) is 1. The quantitative estimate of drug-likeness (QED) is 0.340. The van der Waals surface area contributed by atoms with E-state index >= 15 is 0 Å². The Bertz CT molecular complexity index is 1750. The van der Waals surface area contributed by atoms with Gasteiger partial charge in [-0.2, -0.15) is 8.78 Å². The molecule has 2 aromatic carbocycles. The molecular formula is C30H26ClF3N6O5S. The van der Waals surface area contributed by atoms with E-state index in [0.717, 1.165) is 18.2 Å². The highest BCUT2D eigenvalue weighted by Gasteiger charge is 2.44. The van der Waals surface area contributed by atoms with Crippen LogP contribution < -0.4 is 10.2 Å². The van der Waals surface area contributed by atoms with Gasteiger partial charge in [0.25, 0.3) is 0 Å². The normalized spacial score (nSPS) is 20.4. The molecule has 0 aliphatic carbocycles. The molecule has 0 saturated carbocycles. The minimum absolute atomic E-state index is 0.0905. The van der Waals surface area contributed by atoms with Crippen LogP contribution in [0.5, 0.6) is 0 Å². The number of methoxy groups -OCH3 is 1. The molecule has 6 rings (SSSR count). The smallest absolute Gasteiger partial charge is 0.379 e. The molecule has 4 heterocycles. The number of benzene rings is 2. The summed E-state index contributed by atoms with van der Waals surface area (Å²) in [6.45, 7) is 1.73. The topological polar surface area (TPSA) is 128 Å². The number of amides is 2. The fourth-order valence-electron chi connectivity index (χ4n) is 5.80. The average Bonchev–Trinajstić information content (AvgIpc) is 3.69. The summed E-state index contributed by atoms with van der Waals surface area (Å²) >= 11 is 7.78. The number of carbonyl (C=O) groups is 3. The number of carbonyl (C=O) groups excluding carboxylic acids is 2. The zero-order chi connectivity index (χ0) is 32.7. The number of hydrogen-bond donors (Lipinski definition) is 2. The minimum Gasteiger partial charge on any atom is -0.477 e. The Morgan fingerprint density at radius 1 is 1.17 bits per heavy atom. The van der Waals surface area contributed by atoms with E-state index in [9.17, 15) is 27.6 Å². The number of esters is 1. The maximum atomic E-state index is 14.0. The molecule has 2 N–H and O–H groups in total. The van der Waals surface area contributed by atoms with E-state index in [1.165, 1.54) is 47.6 Å². The number of aliphatic carboxylic acids is 1. The van der Waals surface area contributed by atoms with Crippen molar-refractivity contribution in [3.63, 3.8) is 0 Å². The van der Waals surface area contributed by atoms with Gasteiger partial charge in [0.05, 0.1) is 18.7 Å². The first-order chi connectivity index (χ1) is 22.0. The molecule has 2 atom stereocenters. The lowest BCUT2D eigenvalue weighted by Crippen LogP contribution is -2.53. The number of thiazole rings is 1. The Balaban J connectivity index is 1.26. The number of amidine groups is 1. The second kappa shape index (κ2) is 12.4. The van der Waals surface area contributed by atoms with Gasteiger partial charge in [0.1, 0.15) is 11.9 Å². The van der Waals surface area contributed by atoms with Crippen molar-refractivity contribution in [2.75, 3.05) is 44.7 Å². The molecule has 1 unspecified atom stereocenters. The number of nitrogens with zero attached hydrogens (tertiary/aromatic N) is 5. The van der Waals surface area contributed by atoms with Crippen LogP contribution in [-0.4, -0.2) is 89.6 Å². The van der Waals surface area contributed by atoms with Crippen molar-refractivity contribution >= 4 is 52.4 Å². The van der Waals surface area contributed by atoms with Crippen molar-refractivity contribution in [1.29, 1.82) is 0 Å². The fourth-order valence-corrected chi connectivity index (χ4v) is 6.66. The maximum absolute atomic E-state index is 14.0. The van der Waals surface area contributed by atoms with Gasteiger partial charge in [0, 0.05) is 71.8 Å². The lowest BCUT2D eigenvalue weighted by Gasteiger charge is -2.38. The summed E-state index contributed by atoms with van der Waals surface area (Å²) in [5.41, 5.74) is 0.771. The number of piperazine rings is 1. The number of rotatable bonds is 8. The van der Waals surface area contributed by atoms with Gasteiger partial charge in [-0.25, -0.2) is 23.8 Å². The van der Waals surface area contributed by atoms with E-state index in [4.69, 9.17) is 26.4 Å². The van der Waals surface area contributed by atoms with E-state index in [2.05, 4.69) is 15.2 Å². The molecule has 46 heavy (non-hydrogen) atoms. The first-order valence-corrected chi connectivity index (χ1v) is 15.3. The van der Waals surface area contributed by atoms with Crippen molar-refractivity contribution < 1.29 is 37.4 Å². The summed E-state index contributed by atoms with van der Waals surface area (Å²) < 4.78 is 47.0. The molecule has 3 aliphatic heterocycles. The highest BCUT2D eigenvalue weighted by atomic mass is 35.5. The number of aromatic nitrogens is 1. The van der Waals surface area contributed by atoms with Crippen LogP contribution in [0, 0.1) is 5.82 Å². The second-order valence-corrected chi connectivity index (χ2v) is 12.1. The molecule has 3 aliphatic rings. The number of alkyl halides is 2. The number of fused-ring (bicyclic) bond motifs is 1. The van der Waals surface area contributed by atoms with Crippen LogP contribution in [0.2, 0.25) is 5.02 Å². The third kappa shape index (κ3) is 5.81. The van der Waals surface area contributed by atoms with Gasteiger partial charge in [-0.1, -0.05) is 29.8 Å². The average molecular weight is 675 g/mol. The number of anilines is 1. The molecule has 2 amide bonds. The van der Waals surface area contributed by atoms with Crippen LogP contribution in [-0.2, 0) is 20.2 Å². The molecule has 2 saturated heterocycles. The standard InChI is InChI=1S/C30H26ClF3N6O5S/c1-45-27(41)23-22(36-25(26-35-8-11-46-26)37-24(23)20-7-4-17(32)12-21(20)31)15-38-9-10-39-19(13-38)14-40(29(39)44)18-5-2-16(3-6-18)30(33,34)28(42)43/h2-8,11-12,19,24H,9-10,13-15H2,1H3,(H,36,37)(H,42,43)/t19-,24?/m0/s1. The molecule has 240 valence electrons. The highest BCUT2D eigenvalue weighted by Crippen LogP contribution is 2.37. The summed E-state index contributed by atoms with van der Waals surface area (Å²) in [5, 5.41) is 14.5.